The van der Waals surface area contributed by atoms with Crippen LogP contribution in [-0.4, -0.2) is 42.1 Å². The van der Waals surface area contributed by atoms with Crippen molar-refractivity contribution in [3.05, 3.63) is 24.0 Å². The molecule has 1 saturated heterocycles. The first kappa shape index (κ1) is 15.3. The lowest BCUT2D eigenvalue weighted by Crippen LogP contribution is -2.49. The van der Waals surface area contributed by atoms with Gasteiger partial charge in [0.2, 0.25) is 0 Å². The molecule has 2 rings (SSSR count). The second-order valence-corrected chi connectivity index (χ2v) is 5.74. The zero-order chi connectivity index (χ0) is 14.5. The van der Waals surface area contributed by atoms with Crippen LogP contribution in [0.5, 0.6) is 0 Å². The molecule has 1 aromatic heterocycles. The Balaban J connectivity index is 1.93. The standard InChI is InChI=1S/C16H28N4/c1-4-13(3)19-8-10-20(11-9-19)14-6-7-16(18-12-14)15(17)5-2/h6-7,12-13,15H,4-5,8-11,17H2,1-3H3. The van der Waals surface area contributed by atoms with Crippen LogP contribution in [0.2, 0.25) is 0 Å². The highest BCUT2D eigenvalue weighted by atomic mass is 15.3. The van der Waals surface area contributed by atoms with Gasteiger partial charge in [0.1, 0.15) is 0 Å². The number of rotatable bonds is 5. The van der Waals surface area contributed by atoms with Crippen LogP contribution in [0.25, 0.3) is 0 Å². The number of hydrogen-bond acceptors (Lipinski definition) is 4. The fourth-order valence-corrected chi connectivity index (χ4v) is 2.69. The molecule has 1 fully saturated rings. The minimum absolute atomic E-state index is 0.0614. The summed E-state index contributed by atoms with van der Waals surface area (Å²) in [6.07, 6.45) is 4.13. The number of nitrogens with two attached hydrogens (primary N) is 1. The fourth-order valence-electron chi connectivity index (χ4n) is 2.69. The van der Waals surface area contributed by atoms with Gasteiger partial charge < -0.3 is 10.6 Å². The quantitative estimate of drug-likeness (QED) is 0.897. The average Bonchev–Trinajstić information content (AvgIpc) is 2.53. The van der Waals surface area contributed by atoms with Gasteiger partial charge >= 0.3 is 0 Å². The van der Waals surface area contributed by atoms with E-state index in [1.54, 1.807) is 0 Å². The van der Waals surface area contributed by atoms with E-state index in [0.717, 1.165) is 38.3 Å². The van der Waals surface area contributed by atoms with E-state index in [-0.39, 0.29) is 6.04 Å². The summed E-state index contributed by atoms with van der Waals surface area (Å²) >= 11 is 0. The lowest BCUT2D eigenvalue weighted by molar-refractivity contribution is 0.193. The summed E-state index contributed by atoms with van der Waals surface area (Å²) < 4.78 is 0. The molecule has 0 spiro atoms. The van der Waals surface area contributed by atoms with Crippen molar-refractivity contribution in [1.82, 2.24) is 9.88 Å². The third-order valence-electron chi connectivity index (χ3n) is 4.48. The molecule has 0 amide bonds. The van der Waals surface area contributed by atoms with Crippen molar-refractivity contribution in [3.63, 3.8) is 0 Å². The number of piperazine rings is 1. The number of aromatic nitrogens is 1. The Hall–Kier alpha value is -1.13. The molecular weight excluding hydrogens is 248 g/mol. The summed E-state index contributed by atoms with van der Waals surface area (Å²) in [4.78, 5) is 9.51. The first-order chi connectivity index (χ1) is 9.65. The SMILES string of the molecule is CCC(N)c1ccc(N2CCN(C(C)CC)CC2)cn1. The second-order valence-electron chi connectivity index (χ2n) is 5.74. The van der Waals surface area contributed by atoms with Gasteiger partial charge in [0.15, 0.2) is 0 Å². The van der Waals surface area contributed by atoms with Crippen LogP contribution < -0.4 is 10.6 Å². The number of anilines is 1. The van der Waals surface area contributed by atoms with Gasteiger partial charge in [-0.15, -0.1) is 0 Å². The summed E-state index contributed by atoms with van der Waals surface area (Å²) in [6.45, 7) is 11.1. The highest BCUT2D eigenvalue weighted by molar-refractivity contribution is 5.45. The van der Waals surface area contributed by atoms with Gasteiger partial charge in [0.05, 0.1) is 17.6 Å². The van der Waals surface area contributed by atoms with Gasteiger partial charge in [-0.05, 0) is 31.9 Å². The zero-order valence-electron chi connectivity index (χ0n) is 13.0. The highest BCUT2D eigenvalue weighted by Gasteiger charge is 2.20. The maximum absolute atomic E-state index is 6.01. The highest BCUT2D eigenvalue weighted by Crippen LogP contribution is 2.19. The molecule has 1 aromatic rings. The molecule has 20 heavy (non-hydrogen) atoms. The van der Waals surface area contributed by atoms with E-state index in [0.29, 0.717) is 6.04 Å². The molecule has 0 saturated carbocycles. The van der Waals surface area contributed by atoms with Crippen molar-refractivity contribution in [1.29, 1.82) is 0 Å². The molecule has 0 radical (unpaired) electrons. The molecule has 1 aliphatic heterocycles. The minimum atomic E-state index is 0.0614. The number of nitrogens with zero attached hydrogens (tertiary/aromatic N) is 3. The summed E-state index contributed by atoms with van der Waals surface area (Å²) in [5.41, 5.74) is 8.22. The Labute approximate surface area is 123 Å². The zero-order valence-corrected chi connectivity index (χ0v) is 13.0. The second kappa shape index (κ2) is 7.04. The van der Waals surface area contributed by atoms with E-state index in [1.165, 1.54) is 12.1 Å². The predicted octanol–water partition coefficient (Wildman–Crippen LogP) is 2.41. The van der Waals surface area contributed by atoms with Crippen LogP contribution in [0, 0.1) is 0 Å². The summed E-state index contributed by atoms with van der Waals surface area (Å²) in [5, 5.41) is 0. The minimum Gasteiger partial charge on any atom is -0.368 e. The van der Waals surface area contributed by atoms with Gasteiger partial charge in [-0.2, -0.15) is 0 Å². The smallest absolute Gasteiger partial charge is 0.0572 e. The van der Waals surface area contributed by atoms with Crippen molar-refractivity contribution in [3.8, 4) is 0 Å². The molecule has 2 unspecified atom stereocenters. The summed E-state index contributed by atoms with van der Waals surface area (Å²) in [7, 11) is 0. The Morgan fingerprint density at radius 1 is 1.15 bits per heavy atom. The van der Waals surface area contributed by atoms with Crippen LogP contribution in [0.4, 0.5) is 5.69 Å². The van der Waals surface area contributed by atoms with Crippen molar-refractivity contribution in [2.45, 2.75) is 45.7 Å². The number of pyridine rings is 1. The Kier molecular flexibility index (Phi) is 5.38. The van der Waals surface area contributed by atoms with Crippen molar-refractivity contribution >= 4 is 5.69 Å². The molecule has 4 heteroatoms. The summed E-state index contributed by atoms with van der Waals surface area (Å²) in [6, 6.07) is 4.99. The average molecular weight is 276 g/mol. The molecule has 112 valence electrons. The van der Waals surface area contributed by atoms with Crippen LogP contribution >= 0.6 is 0 Å². The van der Waals surface area contributed by atoms with E-state index < -0.39 is 0 Å². The van der Waals surface area contributed by atoms with Crippen molar-refractivity contribution in [2.24, 2.45) is 5.73 Å². The third kappa shape index (κ3) is 3.49. The topological polar surface area (TPSA) is 45.4 Å². The third-order valence-corrected chi connectivity index (χ3v) is 4.48. The Morgan fingerprint density at radius 2 is 1.85 bits per heavy atom. The number of hydrogen-bond donors (Lipinski definition) is 1. The monoisotopic (exact) mass is 276 g/mol. The first-order valence-electron chi connectivity index (χ1n) is 7.86. The van der Waals surface area contributed by atoms with E-state index in [9.17, 15) is 0 Å². The maximum atomic E-state index is 6.01. The molecular formula is C16H28N4. The largest absolute Gasteiger partial charge is 0.368 e. The van der Waals surface area contributed by atoms with E-state index in [4.69, 9.17) is 5.73 Å². The van der Waals surface area contributed by atoms with E-state index in [2.05, 4.69) is 47.7 Å². The normalized spacial score (nSPS) is 19.9. The van der Waals surface area contributed by atoms with E-state index >= 15 is 0 Å². The van der Waals surface area contributed by atoms with Crippen molar-refractivity contribution in [2.75, 3.05) is 31.1 Å². The molecule has 0 aliphatic carbocycles. The molecule has 2 heterocycles. The lowest BCUT2D eigenvalue weighted by atomic mass is 10.1. The van der Waals surface area contributed by atoms with Crippen LogP contribution in [0.15, 0.2) is 18.3 Å². The van der Waals surface area contributed by atoms with Crippen LogP contribution in [0.1, 0.15) is 45.3 Å². The fraction of sp³-hybridized carbons (Fsp3) is 0.688. The lowest BCUT2D eigenvalue weighted by Gasteiger charge is -2.38. The Morgan fingerprint density at radius 3 is 2.35 bits per heavy atom. The maximum Gasteiger partial charge on any atom is 0.0572 e. The molecule has 2 atom stereocenters. The molecule has 4 nitrogen and oxygen atoms in total. The first-order valence-corrected chi connectivity index (χ1v) is 7.86. The van der Waals surface area contributed by atoms with Gasteiger partial charge in [0.25, 0.3) is 0 Å². The van der Waals surface area contributed by atoms with Gasteiger partial charge in [0, 0.05) is 38.3 Å². The van der Waals surface area contributed by atoms with Crippen LogP contribution in [0.3, 0.4) is 0 Å². The Bertz CT molecular complexity index is 395. The molecule has 0 bridgehead atoms. The predicted molar refractivity (Wildman–Crippen MR) is 85.0 cm³/mol. The molecule has 2 N–H and O–H groups in total. The summed E-state index contributed by atoms with van der Waals surface area (Å²) in [5.74, 6) is 0. The van der Waals surface area contributed by atoms with E-state index in [1.807, 2.05) is 6.20 Å². The van der Waals surface area contributed by atoms with Crippen LogP contribution in [-0.2, 0) is 0 Å². The van der Waals surface area contributed by atoms with Gasteiger partial charge in [-0.1, -0.05) is 13.8 Å². The molecule has 0 aromatic carbocycles. The van der Waals surface area contributed by atoms with Gasteiger partial charge in [-0.3, -0.25) is 9.88 Å². The van der Waals surface area contributed by atoms with Gasteiger partial charge in [-0.25, -0.2) is 0 Å². The van der Waals surface area contributed by atoms with Crippen molar-refractivity contribution < 1.29 is 0 Å². The molecule has 1 aliphatic rings.